The van der Waals surface area contributed by atoms with Crippen LogP contribution in [0.15, 0.2) is 18.2 Å². The van der Waals surface area contributed by atoms with E-state index in [-0.39, 0.29) is 18.0 Å². The van der Waals surface area contributed by atoms with Crippen molar-refractivity contribution in [3.63, 3.8) is 0 Å². The number of benzene rings is 1. The van der Waals surface area contributed by atoms with Crippen LogP contribution in [0, 0.1) is 11.8 Å². The molecule has 2 fully saturated rings. The van der Waals surface area contributed by atoms with Crippen molar-refractivity contribution in [2.45, 2.75) is 44.2 Å². The maximum atomic E-state index is 12.5. The zero-order valence-corrected chi connectivity index (χ0v) is 13.3. The van der Waals surface area contributed by atoms with Crippen molar-refractivity contribution in [2.24, 2.45) is 17.6 Å². The Hall–Kier alpha value is -0.770. The highest BCUT2D eigenvalue weighted by Crippen LogP contribution is 2.39. The summed E-state index contributed by atoms with van der Waals surface area (Å²) in [5.74, 6) is 0.902. The first kappa shape index (κ1) is 15.1. The lowest BCUT2D eigenvalue weighted by atomic mass is 9.67. The first-order chi connectivity index (χ1) is 10.0. The van der Waals surface area contributed by atoms with Gasteiger partial charge in [0.25, 0.3) is 5.91 Å². The molecule has 1 amide bonds. The molecule has 1 aromatic carbocycles. The van der Waals surface area contributed by atoms with E-state index < -0.39 is 0 Å². The fourth-order valence-electron chi connectivity index (χ4n) is 3.93. The molecular formula is C16H20Cl2N2O. The molecular weight excluding hydrogens is 307 g/mol. The van der Waals surface area contributed by atoms with Crippen molar-refractivity contribution in [3.05, 3.63) is 33.8 Å². The van der Waals surface area contributed by atoms with Crippen LogP contribution in [0.2, 0.25) is 10.0 Å². The lowest BCUT2D eigenvalue weighted by Gasteiger charge is -2.45. The maximum Gasteiger partial charge on any atom is 0.253 e. The number of carbonyl (C=O) groups excluding carboxylic acids is 1. The number of rotatable bonds is 2. The molecule has 2 aliphatic carbocycles. The summed E-state index contributed by atoms with van der Waals surface area (Å²) in [6, 6.07) is 5.50. The van der Waals surface area contributed by atoms with Gasteiger partial charge in [-0.05, 0) is 55.7 Å². The van der Waals surface area contributed by atoms with Gasteiger partial charge >= 0.3 is 0 Å². The number of nitrogens with one attached hydrogen (secondary N) is 1. The van der Waals surface area contributed by atoms with Crippen LogP contribution in [0.5, 0.6) is 0 Å². The Bertz CT molecular complexity index is 535. The summed E-state index contributed by atoms with van der Waals surface area (Å²) in [6.45, 7) is 0. The average Bonchev–Trinajstić information content (AvgIpc) is 2.39. The van der Waals surface area contributed by atoms with Crippen LogP contribution >= 0.6 is 23.2 Å². The van der Waals surface area contributed by atoms with Crippen LogP contribution in [0.4, 0.5) is 0 Å². The standard InChI is InChI=1S/C16H20Cl2N2O/c17-11-4-5-13(14(18)8-11)16(21)20-15-9-2-1-3-10(15)7-12(19)6-9/h4-5,8-10,12,15H,1-3,6-7,19H2,(H,20,21). The Labute approximate surface area is 135 Å². The van der Waals surface area contributed by atoms with Gasteiger partial charge in [0.15, 0.2) is 0 Å². The van der Waals surface area contributed by atoms with Crippen molar-refractivity contribution >= 4 is 29.1 Å². The van der Waals surface area contributed by atoms with E-state index in [1.165, 1.54) is 6.42 Å². The minimum absolute atomic E-state index is 0.103. The molecule has 3 rings (SSSR count). The summed E-state index contributed by atoms with van der Waals surface area (Å²) in [6.07, 6.45) is 5.58. The van der Waals surface area contributed by atoms with E-state index in [2.05, 4.69) is 5.32 Å². The molecule has 3 N–H and O–H groups in total. The van der Waals surface area contributed by atoms with Gasteiger partial charge in [-0.2, -0.15) is 0 Å². The highest BCUT2D eigenvalue weighted by atomic mass is 35.5. The molecule has 2 bridgehead atoms. The molecule has 2 aliphatic rings. The smallest absolute Gasteiger partial charge is 0.253 e. The van der Waals surface area contributed by atoms with Gasteiger partial charge in [-0.15, -0.1) is 0 Å². The first-order valence-corrected chi connectivity index (χ1v) is 8.31. The molecule has 114 valence electrons. The Kier molecular flexibility index (Phi) is 4.43. The van der Waals surface area contributed by atoms with Gasteiger partial charge in [-0.1, -0.05) is 29.6 Å². The van der Waals surface area contributed by atoms with Gasteiger partial charge in [-0.3, -0.25) is 4.79 Å². The minimum Gasteiger partial charge on any atom is -0.349 e. The molecule has 0 aromatic heterocycles. The minimum atomic E-state index is -0.103. The van der Waals surface area contributed by atoms with Crippen molar-refractivity contribution in [3.8, 4) is 0 Å². The molecule has 1 aromatic rings. The van der Waals surface area contributed by atoms with Crippen LogP contribution in [0.25, 0.3) is 0 Å². The fourth-order valence-corrected chi connectivity index (χ4v) is 4.42. The monoisotopic (exact) mass is 326 g/mol. The van der Waals surface area contributed by atoms with E-state index in [0.29, 0.717) is 27.4 Å². The largest absolute Gasteiger partial charge is 0.349 e. The second kappa shape index (κ2) is 6.15. The Morgan fingerprint density at radius 2 is 1.86 bits per heavy atom. The van der Waals surface area contributed by atoms with Gasteiger partial charge in [0, 0.05) is 17.1 Å². The number of hydrogen-bond donors (Lipinski definition) is 2. The fraction of sp³-hybridized carbons (Fsp3) is 0.562. The van der Waals surface area contributed by atoms with Gasteiger partial charge in [0.1, 0.15) is 0 Å². The van der Waals surface area contributed by atoms with Gasteiger partial charge in [0.2, 0.25) is 0 Å². The number of halogens is 2. The molecule has 0 aliphatic heterocycles. The number of carbonyl (C=O) groups is 1. The van der Waals surface area contributed by atoms with Gasteiger partial charge < -0.3 is 11.1 Å². The summed E-state index contributed by atoms with van der Waals surface area (Å²) in [5.41, 5.74) is 6.62. The zero-order valence-electron chi connectivity index (χ0n) is 11.8. The van der Waals surface area contributed by atoms with E-state index in [1.54, 1.807) is 18.2 Å². The molecule has 0 radical (unpaired) electrons. The van der Waals surface area contributed by atoms with Crippen LogP contribution in [-0.4, -0.2) is 18.0 Å². The Morgan fingerprint density at radius 1 is 1.19 bits per heavy atom. The molecule has 3 nitrogen and oxygen atoms in total. The second-order valence-electron chi connectivity index (χ2n) is 6.31. The van der Waals surface area contributed by atoms with E-state index in [1.807, 2.05) is 0 Å². The van der Waals surface area contributed by atoms with Gasteiger partial charge in [0.05, 0.1) is 10.6 Å². The Balaban J connectivity index is 1.75. The van der Waals surface area contributed by atoms with E-state index >= 15 is 0 Å². The first-order valence-electron chi connectivity index (χ1n) is 7.56. The molecule has 0 heterocycles. The topological polar surface area (TPSA) is 55.1 Å². The predicted molar refractivity (Wildman–Crippen MR) is 85.8 cm³/mol. The maximum absolute atomic E-state index is 12.5. The van der Waals surface area contributed by atoms with Crippen molar-refractivity contribution in [1.82, 2.24) is 5.32 Å². The number of nitrogens with two attached hydrogens (primary N) is 1. The lowest BCUT2D eigenvalue weighted by Crippen LogP contribution is -2.53. The normalized spacial score (nSPS) is 31.8. The highest BCUT2D eigenvalue weighted by molar-refractivity contribution is 6.36. The quantitative estimate of drug-likeness (QED) is 0.871. The molecule has 5 heteroatoms. The molecule has 0 saturated heterocycles. The third kappa shape index (κ3) is 3.20. The van der Waals surface area contributed by atoms with Crippen LogP contribution in [-0.2, 0) is 0 Å². The van der Waals surface area contributed by atoms with Crippen molar-refractivity contribution < 1.29 is 4.79 Å². The predicted octanol–water partition coefficient (Wildman–Crippen LogP) is 3.63. The molecule has 2 unspecified atom stereocenters. The van der Waals surface area contributed by atoms with Crippen LogP contribution < -0.4 is 11.1 Å². The third-order valence-electron chi connectivity index (χ3n) is 4.85. The number of amides is 1. The summed E-state index contributed by atoms with van der Waals surface area (Å²) >= 11 is 12.0. The Morgan fingerprint density at radius 3 is 2.48 bits per heavy atom. The van der Waals surface area contributed by atoms with Crippen LogP contribution in [0.1, 0.15) is 42.5 Å². The molecule has 21 heavy (non-hydrogen) atoms. The summed E-state index contributed by atoms with van der Waals surface area (Å²) in [5, 5.41) is 4.14. The van der Waals surface area contributed by atoms with E-state index in [0.717, 1.165) is 25.7 Å². The van der Waals surface area contributed by atoms with E-state index in [9.17, 15) is 4.79 Å². The average molecular weight is 327 g/mol. The summed E-state index contributed by atoms with van der Waals surface area (Å²) in [7, 11) is 0. The lowest BCUT2D eigenvalue weighted by molar-refractivity contribution is 0.0756. The third-order valence-corrected chi connectivity index (χ3v) is 5.40. The highest BCUT2D eigenvalue weighted by Gasteiger charge is 2.40. The van der Waals surface area contributed by atoms with E-state index in [4.69, 9.17) is 28.9 Å². The number of fused-ring (bicyclic) bond motifs is 2. The van der Waals surface area contributed by atoms with Crippen molar-refractivity contribution in [1.29, 1.82) is 0 Å². The second-order valence-corrected chi connectivity index (χ2v) is 7.15. The molecule has 0 spiro atoms. The van der Waals surface area contributed by atoms with Crippen LogP contribution in [0.3, 0.4) is 0 Å². The molecule has 2 atom stereocenters. The van der Waals surface area contributed by atoms with Gasteiger partial charge in [-0.25, -0.2) is 0 Å². The number of hydrogen-bond acceptors (Lipinski definition) is 2. The summed E-state index contributed by atoms with van der Waals surface area (Å²) < 4.78 is 0. The molecule has 2 saturated carbocycles. The van der Waals surface area contributed by atoms with Crippen molar-refractivity contribution in [2.75, 3.05) is 0 Å². The SMILES string of the molecule is NC1CC2CCCC(C1)C2NC(=O)c1ccc(Cl)cc1Cl. The zero-order chi connectivity index (χ0) is 15.0. The summed E-state index contributed by atoms with van der Waals surface area (Å²) in [4.78, 5) is 12.5.